The molecule has 2 amide bonds. The van der Waals surface area contributed by atoms with Gasteiger partial charge in [-0.1, -0.05) is 26.8 Å². The number of allylic oxidation sites excluding steroid dienone is 2. The summed E-state index contributed by atoms with van der Waals surface area (Å²) in [4.78, 5) is 13.3. The summed E-state index contributed by atoms with van der Waals surface area (Å²) in [6.07, 6.45) is 8.56. The molecule has 0 aromatic carbocycles. The highest BCUT2D eigenvalue weighted by Gasteiger charge is 2.33. The van der Waals surface area contributed by atoms with Gasteiger partial charge in [-0.05, 0) is 18.6 Å². The molecule has 0 bridgehead atoms. The molecule has 1 fully saturated rings. The van der Waals surface area contributed by atoms with Crippen molar-refractivity contribution in [2.75, 3.05) is 6.54 Å². The second-order valence-electron chi connectivity index (χ2n) is 3.14. The van der Waals surface area contributed by atoms with Crippen molar-refractivity contribution in [3.63, 3.8) is 0 Å². The number of hydrogen-bond donors (Lipinski definition) is 1. The molecule has 1 N–H and O–H groups in total. The minimum absolute atomic E-state index is 0.0176. The average Bonchev–Trinajstić information content (AvgIpc) is 2.60. The van der Waals surface area contributed by atoms with Crippen molar-refractivity contribution in [2.24, 2.45) is 0 Å². The van der Waals surface area contributed by atoms with Gasteiger partial charge in [0.2, 0.25) is 0 Å². The van der Waals surface area contributed by atoms with Crippen molar-refractivity contribution < 1.29 is 4.79 Å². The van der Waals surface area contributed by atoms with Crippen LogP contribution in [-0.2, 0) is 0 Å². The molecule has 1 unspecified atom stereocenters. The average molecular weight is 209 g/mol. The smallest absolute Gasteiger partial charge is 0.279 e. The molecule has 1 saturated heterocycles. The van der Waals surface area contributed by atoms with Crippen LogP contribution in [0.5, 0.6) is 0 Å². The molecule has 4 heteroatoms. The standard InChI is InChI=1S/C9H13N3O.C2H6/c1-2-6-12-9(13)11-7-4-3-5-8(11)10-12;1-2/h3-5,7-8,10H,2,6H2,1H3;1-2H3. The lowest BCUT2D eigenvalue weighted by Crippen LogP contribution is -2.37. The maximum absolute atomic E-state index is 11.6. The van der Waals surface area contributed by atoms with E-state index in [1.165, 1.54) is 0 Å². The minimum atomic E-state index is 0.0176. The van der Waals surface area contributed by atoms with E-state index < -0.39 is 0 Å². The van der Waals surface area contributed by atoms with Crippen LogP contribution in [-0.4, -0.2) is 28.7 Å². The Morgan fingerprint density at radius 2 is 2.13 bits per heavy atom. The zero-order valence-corrected chi connectivity index (χ0v) is 9.60. The van der Waals surface area contributed by atoms with Gasteiger partial charge in [0.25, 0.3) is 0 Å². The Balaban J connectivity index is 0.000000531. The summed E-state index contributed by atoms with van der Waals surface area (Å²) in [7, 11) is 0. The van der Waals surface area contributed by atoms with E-state index in [2.05, 4.69) is 12.3 Å². The highest BCUT2D eigenvalue weighted by molar-refractivity contribution is 5.78. The summed E-state index contributed by atoms with van der Waals surface area (Å²) in [6, 6.07) is 0.0347. The van der Waals surface area contributed by atoms with Gasteiger partial charge in [-0.3, -0.25) is 9.91 Å². The Morgan fingerprint density at radius 3 is 2.73 bits per heavy atom. The molecule has 0 radical (unpaired) electrons. The SMILES string of the molecule is CC.CCCN1NC2C=CC=CN2C1=O. The van der Waals surface area contributed by atoms with Crippen molar-refractivity contribution in [3.05, 3.63) is 24.4 Å². The highest BCUT2D eigenvalue weighted by Crippen LogP contribution is 2.15. The fourth-order valence-corrected chi connectivity index (χ4v) is 1.52. The molecule has 0 aliphatic carbocycles. The van der Waals surface area contributed by atoms with Gasteiger partial charge in [-0.2, -0.15) is 0 Å². The van der Waals surface area contributed by atoms with Crippen LogP contribution in [0.25, 0.3) is 0 Å². The van der Waals surface area contributed by atoms with Crippen LogP contribution in [0.15, 0.2) is 24.4 Å². The predicted molar refractivity (Wildman–Crippen MR) is 60.8 cm³/mol. The molecule has 4 nitrogen and oxygen atoms in total. The number of rotatable bonds is 2. The lowest BCUT2D eigenvalue weighted by atomic mass is 10.3. The highest BCUT2D eigenvalue weighted by atomic mass is 16.2. The van der Waals surface area contributed by atoms with E-state index in [-0.39, 0.29) is 12.2 Å². The molecule has 15 heavy (non-hydrogen) atoms. The van der Waals surface area contributed by atoms with Crippen molar-refractivity contribution in [1.29, 1.82) is 0 Å². The Labute approximate surface area is 91.2 Å². The number of hydrazine groups is 1. The van der Waals surface area contributed by atoms with Gasteiger partial charge in [0, 0.05) is 12.7 Å². The molecular formula is C11H19N3O. The van der Waals surface area contributed by atoms with Gasteiger partial charge in [0.1, 0.15) is 6.17 Å². The van der Waals surface area contributed by atoms with E-state index in [4.69, 9.17) is 0 Å². The Hall–Kier alpha value is -1.29. The molecule has 2 aliphatic rings. The molecule has 2 heterocycles. The fourth-order valence-electron chi connectivity index (χ4n) is 1.52. The first kappa shape index (κ1) is 11.8. The Bertz CT molecular complexity index is 273. The Morgan fingerprint density at radius 1 is 1.40 bits per heavy atom. The zero-order valence-electron chi connectivity index (χ0n) is 9.60. The molecule has 0 aromatic rings. The van der Waals surface area contributed by atoms with Gasteiger partial charge in [-0.25, -0.2) is 10.2 Å². The number of nitrogens with one attached hydrogen (secondary N) is 1. The number of fused-ring (bicyclic) bond motifs is 1. The largest absolute Gasteiger partial charge is 0.340 e. The lowest BCUT2D eigenvalue weighted by Gasteiger charge is -2.16. The number of amides is 2. The Kier molecular flexibility index (Phi) is 4.37. The topological polar surface area (TPSA) is 35.6 Å². The van der Waals surface area contributed by atoms with Gasteiger partial charge >= 0.3 is 6.03 Å². The van der Waals surface area contributed by atoms with Crippen LogP contribution in [0, 0.1) is 0 Å². The third kappa shape index (κ3) is 2.39. The van der Waals surface area contributed by atoms with Crippen LogP contribution >= 0.6 is 0 Å². The molecule has 0 saturated carbocycles. The summed E-state index contributed by atoms with van der Waals surface area (Å²) in [5, 5.41) is 1.66. The van der Waals surface area contributed by atoms with Gasteiger partial charge in [0.05, 0.1) is 0 Å². The van der Waals surface area contributed by atoms with Crippen LogP contribution in [0.2, 0.25) is 0 Å². The van der Waals surface area contributed by atoms with E-state index in [1.807, 2.05) is 32.1 Å². The summed E-state index contributed by atoms with van der Waals surface area (Å²) < 4.78 is 0. The fraction of sp³-hybridized carbons (Fsp3) is 0.545. The number of carbonyl (C=O) groups is 1. The second kappa shape index (κ2) is 5.56. The van der Waals surface area contributed by atoms with Crippen LogP contribution < -0.4 is 5.43 Å². The van der Waals surface area contributed by atoms with Gasteiger partial charge in [-0.15, -0.1) is 0 Å². The van der Waals surface area contributed by atoms with Crippen LogP contribution in [0.3, 0.4) is 0 Å². The third-order valence-corrected chi connectivity index (χ3v) is 2.14. The number of carbonyl (C=O) groups excluding carboxylic acids is 1. The van der Waals surface area contributed by atoms with Gasteiger partial charge in [0.15, 0.2) is 0 Å². The quantitative estimate of drug-likeness (QED) is 0.755. The molecule has 0 spiro atoms. The molecule has 0 aromatic heterocycles. The number of hydrogen-bond acceptors (Lipinski definition) is 2. The summed E-state index contributed by atoms with van der Waals surface area (Å²) in [5.41, 5.74) is 3.12. The van der Waals surface area contributed by atoms with Crippen molar-refractivity contribution >= 4 is 6.03 Å². The lowest BCUT2D eigenvalue weighted by molar-refractivity contribution is 0.192. The number of urea groups is 1. The van der Waals surface area contributed by atoms with Crippen molar-refractivity contribution in [2.45, 2.75) is 33.4 Å². The van der Waals surface area contributed by atoms with Crippen molar-refractivity contribution in [1.82, 2.24) is 15.3 Å². The van der Waals surface area contributed by atoms with E-state index in [0.29, 0.717) is 0 Å². The molecule has 2 aliphatic heterocycles. The van der Waals surface area contributed by atoms with E-state index >= 15 is 0 Å². The zero-order chi connectivity index (χ0) is 11.3. The number of nitrogens with zero attached hydrogens (tertiary/aromatic N) is 2. The first-order valence-electron chi connectivity index (χ1n) is 5.54. The molecule has 84 valence electrons. The monoisotopic (exact) mass is 209 g/mol. The molecular weight excluding hydrogens is 190 g/mol. The third-order valence-electron chi connectivity index (χ3n) is 2.14. The van der Waals surface area contributed by atoms with Crippen LogP contribution in [0.4, 0.5) is 4.79 Å². The molecule has 2 rings (SSSR count). The maximum atomic E-state index is 11.6. The normalized spacial score (nSPS) is 22.6. The first-order valence-corrected chi connectivity index (χ1v) is 5.54. The van der Waals surface area contributed by atoms with Gasteiger partial charge < -0.3 is 0 Å². The van der Waals surface area contributed by atoms with E-state index in [0.717, 1.165) is 13.0 Å². The van der Waals surface area contributed by atoms with Crippen LogP contribution in [0.1, 0.15) is 27.2 Å². The summed E-state index contributed by atoms with van der Waals surface area (Å²) >= 11 is 0. The molecule has 1 atom stereocenters. The first-order chi connectivity index (χ1) is 7.33. The van der Waals surface area contributed by atoms with E-state index in [1.54, 1.807) is 16.1 Å². The maximum Gasteiger partial charge on any atom is 0.340 e. The summed E-state index contributed by atoms with van der Waals surface area (Å²) in [5.74, 6) is 0. The summed E-state index contributed by atoms with van der Waals surface area (Å²) in [6.45, 7) is 6.81. The predicted octanol–water partition coefficient (Wildman–Crippen LogP) is 2.07. The second-order valence-corrected chi connectivity index (χ2v) is 3.14. The van der Waals surface area contributed by atoms with Crippen molar-refractivity contribution in [3.8, 4) is 0 Å². The van der Waals surface area contributed by atoms with E-state index in [9.17, 15) is 4.79 Å². The minimum Gasteiger partial charge on any atom is -0.279 e.